The van der Waals surface area contributed by atoms with E-state index in [4.69, 9.17) is 0 Å². The average molecular weight is 245 g/mol. The second-order valence-electron chi connectivity index (χ2n) is 5.40. The van der Waals surface area contributed by atoms with Gasteiger partial charge in [0.05, 0.1) is 0 Å². The van der Waals surface area contributed by atoms with Crippen LogP contribution in [0.4, 0.5) is 0 Å². The highest BCUT2D eigenvalue weighted by Gasteiger charge is 2.26. The Balaban J connectivity index is 1.83. The molecule has 2 heteroatoms. The van der Waals surface area contributed by atoms with Crippen LogP contribution in [0.1, 0.15) is 63.4 Å². The molecule has 0 spiro atoms. The van der Waals surface area contributed by atoms with Gasteiger partial charge in [0.25, 0.3) is 0 Å². The van der Waals surface area contributed by atoms with Gasteiger partial charge in [0.1, 0.15) is 5.78 Å². The Morgan fingerprint density at radius 1 is 1.33 bits per heavy atom. The molecule has 1 saturated carbocycles. The third-order valence-electron chi connectivity index (χ3n) is 4.12. The summed E-state index contributed by atoms with van der Waals surface area (Å²) in [6, 6.07) is 4.17. The topological polar surface area (TPSA) is 30.0 Å². The van der Waals surface area contributed by atoms with Crippen LogP contribution in [0.5, 0.6) is 0 Å². The molecule has 0 N–H and O–H groups in total. The SMILES string of the molecule is CCCCC(=O)C1CCC(c2cccnc2)CC1. The predicted octanol–water partition coefficient (Wildman–Crippen LogP) is 4.11. The van der Waals surface area contributed by atoms with Gasteiger partial charge in [0.15, 0.2) is 0 Å². The van der Waals surface area contributed by atoms with E-state index in [1.165, 1.54) is 5.56 Å². The van der Waals surface area contributed by atoms with Crippen LogP contribution in [0.25, 0.3) is 0 Å². The van der Waals surface area contributed by atoms with Gasteiger partial charge in [-0.3, -0.25) is 9.78 Å². The van der Waals surface area contributed by atoms with Gasteiger partial charge in [-0.15, -0.1) is 0 Å². The fourth-order valence-corrected chi connectivity index (χ4v) is 2.92. The molecule has 0 saturated heterocycles. The van der Waals surface area contributed by atoms with Crippen LogP contribution in [0.15, 0.2) is 24.5 Å². The Morgan fingerprint density at radius 2 is 2.11 bits per heavy atom. The van der Waals surface area contributed by atoms with Crippen LogP contribution < -0.4 is 0 Å². The Hall–Kier alpha value is -1.18. The minimum Gasteiger partial charge on any atom is -0.299 e. The summed E-state index contributed by atoms with van der Waals surface area (Å²) in [5, 5.41) is 0. The second kappa shape index (κ2) is 6.67. The molecular formula is C16H23NO. The first-order valence-corrected chi connectivity index (χ1v) is 7.24. The molecule has 1 aromatic heterocycles. The van der Waals surface area contributed by atoms with Crippen LogP contribution in [0.2, 0.25) is 0 Å². The fourth-order valence-electron chi connectivity index (χ4n) is 2.92. The summed E-state index contributed by atoms with van der Waals surface area (Å²) in [5.74, 6) is 1.46. The molecule has 0 amide bonds. The molecule has 2 nitrogen and oxygen atoms in total. The summed E-state index contributed by atoms with van der Waals surface area (Å²) < 4.78 is 0. The lowest BCUT2D eigenvalue weighted by atomic mass is 9.77. The number of carbonyl (C=O) groups excluding carboxylic acids is 1. The molecule has 1 fully saturated rings. The number of unbranched alkanes of at least 4 members (excludes halogenated alkanes) is 1. The fraction of sp³-hybridized carbons (Fsp3) is 0.625. The summed E-state index contributed by atoms with van der Waals surface area (Å²) >= 11 is 0. The summed E-state index contributed by atoms with van der Waals surface area (Å²) in [7, 11) is 0. The number of rotatable bonds is 5. The zero-order chi connectivity index (χ0) is 12.8. The van der Waals surface area contributed by atoms with E-state index in [1.54, 1.807) is 0 Å². The number of aromatic nitrogens is 1. The van der Waals surface area contributed by atoms with E-state index in [0.29, 0.717) is 17.6 Å². The van der Waals surface area contributed by atoms with Crippen molar-refractivity contribution in [3.63, 3.8) is 0 Å². The van der Waals surface area contributed by atoms with E-state index in [0.717, 1.165) is 44.9 Å². The largest absolute Gasteiger partial charge is 0.299 e. The Morgan fingerprint density at radius 3 is 2.72 bits per heavy atom. The highest BCUT2D eigenvalue weighted by Crippen LogP contribution is 2.36. The molecule has 1 aromatic rings. The number of hydrogen-bond donors (Lipinski definition) is 0. The van der Waals surface area contributed by atoms with Gasteiger partial charge in [-0.2, -0.15) is 0 Å². The molecule has 0 radical (unpaired) electrons. The molecule has 0 unspecified atom stereocenters. The number of Topliss-reactive ketones (excluding diaryl/α,β-unsaturated/α-hetero) is 1. The van der Waals surface area contributed by atoms with Crippen LogP contribution in [-0.2, 0) is 4.79 Å². The van der Waals surface area contributed by atoms with Crippen molar-refractivity contribution in [2.45, 2.75) is 57.8 Å². The van der Waals surface area contributed by atoms with E-state index in [1.807, 2.05) is 18.5 Å². The first-order chi connectivity index (χ1) is 8.81. The van der Waals surface area contributed by atoms with Crippen molar-refractivity contribution in [3.05, 3.63) is 30.1 Å². The highest BCUT2D eigenvalue weighted by molar-refractivity contribution is 5.81. The molecule has 0 bridgehead atoms. The van der Waals surface area contributed by atoms with E-state index in [9.17, 15) is 4.79 Å². The second-order valence-corrected chi connectivity index (χ2v) is 5.40. The maximum atomic E-state index is 12.0. The van der Waals surface area contributed by atoms with Crippen molar-refractivity contribution >= 4 is 5.78 Å². The summed E-state index contributed by atoms with van der Waals surface area (Å²) in [5.41, 5.74) is 1.34. The van der Waals surface area contributed by atoms with E-state index >= 15 is 0 Å². The molecule has 1 aliphatic carbocycles. The van der Waals surface area contributed by atoms with Gasteiger partial charge >= 0.3 is 0 Å². The quantitative estimate of drug-likeness (QED) is 0.781. The molecule has 1 aliphatic rings. The monoisotopic (exact) mass is 245 g/mol. The molecule has 18 heavy (non-hydrogen) atoms. The lowest BCUT2D eigenvalue weighted by Crippen LogP contribution is -2.21. The number of ketones is 1. The Labute approximate surface area is 110 Å². The molecule has 0 aromatic carbocycles. The van der Waals surface area contributed by atoms with E-state index in [2.05, 4.69) is 18.0 Å². The minimum atomic E-state index is 0.337. The molecule has 2 rings (SSSR count). The van der Waals surface area contributed by atoms with Gasteiger partial charge in [0, 0.05) is 24.7 Å². The zero-order valence-corrected chi connectivity index (χ0v) is 11.3. The summed E-state index contributed by atoms with van der Waals surface area (Å²) in [6.45, 7) is 2.15. The normalized spacial score (nSPS) is 23.8. The van der Waals surface area contributed by atoms with Gasteiger partial charge in [-0.1, -0.05) is 19.4 Å². The zero-order valence-electron chi connectivity index (χ0n) is 11.3. The maximum Gasteiger partial charge on any atom is 0.135 e. The molecule has 0 atom stereocenters. The third kappa shape index (κ3) is 3.41. The van der Waals surface area contributed by atoms with Crippen molar-refractivity contribution in [2.24, 2.45) is 5.92 Å². The van der Waals surface area contributed by atoms with Crippen molar-refractivity contribution in [2.75, 3.05) is 0 Å². The van der Waals surface area contributed by atoms with Gasteiger partial charge in [-0.05, 0) is 49.7 Å². The smallest absolute Gasteiger partial charge is 0.135 e. The maximum absolute atomic E-state index is 12.0. The lowest BCUT2D eigenvalue weighted by molar-refractivity contribution is -0.124. The molecule has 1 heterocycles. The standard InChI is InChI=1S/C16H23NO/c1-2-3-6-16(18)14-9-7-13(8-10-14)15-5-4-11-17-12-15/h4-5,11-14H,2-3,6-10H2,1H3. The van der Waals surface area contributed by atoms with E-state index < -0.39 is 0 Å². The van der Waals surface area contributed by atoms with Crippen LogP contribution in [0, 0.1) is 5.92 Å². The predicted molar refractivity (Wildman–Crippen MR) is 73.5 cm³/mol. The summed E-state index contributed by atoms with van der Waals surface area (Å²) in [6.07, 6.45) is 11.2. The van der Waals surface area contributed by atoms with Crippen molar-refractivity contribution in [3.8, 4) is 0 Å². The number of nitrogens with zero attached hydrogens (tertiary/aromatic N) is 1. The number of hydrogen-bond acceptors (Lipinski definition) is 2. The van der Waals surface area contributed by atoms with Crippen molar-refractivity contribution in [1.82, 2.24) is 4.98 Å². The molecule has 98 valence electrons. The highest BCUT2D eigenvalue weighted by atomic mass is 16.1. The molecule has 0 aliphatic heterocycles. The van der Waals surface area contributed by atoms with Crippen molar-refractivity contribution < 1.29 is 4.79 Å². The summed E-state index contributed by atoms with van der Waals surface area (Å²) in [4.78, 5) is 16.2. The average Bonchev–Trinajstić information content (AvgIpc) is 2.46. The van der Waals surface area contributed by atoms with Crippen LogP contribution in [-0.4, -0.2) is 10.8 Å². The number of carbonyl (C=O) groups is 1. The van der Waals surface area contributed by atoms with Crippen molar-refractivity contribution in [1.29, 1.82) is 0 Å². The number of pyridine rings is 1. The Bertz CT molecular complexity index is 366. The van der Waals surface area contributed by atoms with Gasteiger partial charge < -0.3 is 0 Å². The van der Waals surface area contributed by atoms with Crippen LogP contribution >= 0.6 is 0 Å². The first kappa shape index (κ1) is 13.3. The Kier molecular flexibility index (Phi) is 4.91. The van der Waals surface area contributed by atoms with Gasteiger partial charge in [0.2, 0.25) is 0 Å². The molecular weight excluding hydrogens is 222 g/mol. The first-order valence-electron chi connectivity index (χ1n) is 7.24. The van der Waals surface area contributed by atoms with Gasteiger partial charge in [-0.25, -0.2) is 0 Å². The minimum absolute atomic E-state index is 0.337. The van der Waals surface area contributed by atoms with Crippen LogP contribution in [0.3, 0.4) is 0 Å². The third-order valence-corrected chi connectivity index (χ3v) is 4.12. The van der Waals surface area contributed by atoms with E-state index in [-0.39, 0.29) is 0 Å². The lowest BCUT2D eigenvalue weighted by Gasteiger charge is -2.27.